The van der Waals surface area contributed by atoms with Crippen molar-refractivity contribution in [3.63, 3.8) is 0 Å². The largest absolute Gasteiger partial charge is 0.484 e. The highest BCUT2D eigenvalue weighted by Gasteiger charge is 2.15. The van der Waals surface area contributed by atoms with Crippen LogP contribution in [0.1, 0.15) is 23.4 Å². The SMILES string of the molecule is C[C@@H](c1cccs1)N(C)C(=O)/C=C\c1ccc(OCC(N)=O)cc1. The number of hydrogen-bond donors (Lipinski definition) is 1. The molecule has 2 aromatic rings. The second-order valence-corrected chi connectivity index (χ2v) is 6.28. The highest BCUT2D eigenvalue weighted by atomic mass is 32.1. The van der Waals surface area contributed by atoms with Gasteiger partial charge in [0.05, 0.1) is 6.04 Å². The van der Waals surface area contributed by atoms with E-state index in [0.717, 1.165) is 10.4 Å². The van der Waals surface area contributed by atoms with Crippen LogP contribution in [0.3, 0.4) is 0 Å². The summed E-state index contributed by atoms with van der Waals surface area (Å²) < 4.78 is 5.19. The summed E-state index contributed by atoms with van der Waals surface area (Å²) in [5.41, 5.74) is 5.89. The lowest BCUT2D eigenvalue weighted by molar-refractivity contribution is -0.126. The molecular weight excluding hydrogens is 324 g/mol. The molecule has 2 rings (SSSR count). The molecule has 0 unspecified atom stereocenters. The fourth-order valence-electron chi connectivity index (χ4n) is 2.03. The minimum Gasteiger partial charge on any atom is -0.484 e. The second-order valence-electron chi connectivity index (χ2n) is 5.30. The standard InChI is InChI=1S/C18H20N2O3S/c1-13(16-4-3-11-24-16)20(2)18(22)10-7-14-5-8-15(9-6-14)23-12-17(19)21/h3-11,13H,12H2,1-2H3,(H2,19,21)/b10-7-/t13-/m0/s1. The molecule has 0 aliphatic rings. The molecule has 5 nitrogen and oxygen atoms in total. The van der Waals surface area contributed by atoms with Crippen LogP contribution < -0.4 is 10.5 Å². The van der Waals surface area contributed by atoms with Gasteiger partial charge in [-0.25, -0.2) is 0 Å². The van der Waals surface area contributed by atoms with Gasteiger partial charge in [-0.15, -0.1) is 11.3 Å². The third-order valence-electron chi connectivity index (χ3n) is 3.56. The zero-order chi connectivity index (χ0) is 17.5. The van der Waals surface area contributed by atoms with Crippen LogP contribution in [-0.2, 0) is 9.59 Å². The first kappa shape index (κ1) is 17.7. The van der Waals surface area contributed by atoms with Gasteiger partial charge in [0, 0.05) is 18.0 Å². The summed E-state index contributed by atoms with van der Waals surface area (Å²) in [6, 6.07) is 11.1. The third-order valence-corrected chi connectivity index (χ3v) is 4.61. The van der Waals surface area contributed by atoms with Crippen LogP contribution in [0.25, 0.3) is 6.08 Å². The van der Waals surface area contributed by atoms with E-state index in [4.69, 9.17) is 10.5 Å². The molecule has 2 amide bonds. The summed E-state index contributed by atoms with van der Waals surface area (Å²) in [6.45, 7) is 1.85. The number of primary amides is 1. The van der Waals surface area contributed by atoms with Crippen molar-refractivity contribution in [1.82, 2.24) is 4.90 Å². The summed E-state index contributed by atoms with van der Waals surface area (Å²) >= 11 is 1.63. The smallest absolute Gasteiger partial charge is 0.255 e. The Kier molecular flexibility index (Phi) is 6.14. The number of nitrogens with zero attached hydrogens (tertiary/aromatic N) is 1. The second kappa shape index (κ2) is 8.31. The molecule has 24 heavy (non-hydrogen) atoms. The predicted octanol–water partition coefficient (Wildman–Crippen LogP) is 2.85. The summed E-state index contributed by atoms with van der Waals surface area (Å²) in [7, 11) is 1.79. The van der Waals surface area contributed by atoms with Crippen molar-refractivity contribution in [3.8, 4) is 5.75 Å². The minimum absolute atomic E-state index is 0.0340. The van der Waals surface area contributed by atoms with Crippen LogP contribution in [0, 0.1) is 0 Å². The number of ether oxygens (including phenoxy) is 1. The van der Waals surface area contributed by atoms with Gasteiger partial charge in [0.1, 0.15) is 5.75 Å². The molecule has 1 heterocycles. The molecule has 1 aromatic carbocycles. The molecule has 0 bridgehead atoms. The molecule has 6 heteroatoms. The zero-order valence-corrected chi connectivity index (χ0v) is 14.5. The van der Waals surface area contributed by atoms with E-state index in [0.29, 0.717) is 5.75 Å². The van der Waals surface area contributed by atoms with E-state index in [1.54, 1.807) is 47.6 Å². The molecule has 0 saturated carbocycles. The Balaban J connectivity index is 1.94. The number of benzene rings is 1. The first-order valence-corrected chi connectivity index (χ1v) is 8.35. The highest BCUT2D eigenvalue weighted by molar-refractivity contribution is 7.10. The highest BCUT2D eigenvalue weighted by Crippen LogP contribution is 2.23. The Bertz CT molecular complexity index is 708. The Morgan fingerprint density at radius 2 is 2.00 bits per heavy atom. The van der Waals surface area contributed by atoms with Crippen LogP contribution in [-0.4, -0.2) is 30.4 Å². The Morgan fingerprint density at radius 1 is 1.29 bits per heavy atom. The molecule has 0 aliphatic carbocycles. The van der Waals surface area contributed by atoms with Crippen LogP contribution >= 0.6 is 11.3 Å². The van der Waals surface area contributed by atoms with Gasteiger partial charge in [0.25, 0.3) is 5.91 Å². The lowest BCUT2D eigenvalue weighted by atomic mass is 10.2. The Morgan fingerprint density at radius 3 is 2.58 bits per heavy atom. The Hall–Kier alpha value is -2.60. The van der Waals surface area contributed by atoms with E-state index in [2.05, 4.69) is 0 Å². The lowest BCUT2D eigenvalue weighted by Crippen LogP contribution is -2.27. The monoisotopic (exact) mass is 344 g/mol. The van der Waals surface area contributed by atoms with E-state index >= 15 is 0 Å². The van der Waals surface area contributed by atoms with Gasteiger partial charge in [-0.2, -0.15) is 0 Å². The molecule has 1 aromatic heterocycles. The van der Waals surface area contributed by atoms with Gasteiger partial charge in [-0.05, 0) is 42.1 Å². The van der Waals surface area contributed by atoms with Gasteiger partial charge < -0.3 is 15.4 Å². The molecule has 0 saturated heterocycles. The number of likely N-dealkylation sites (N-methyl/N-ethyl adjacent to an activating group) is 1. The van der Waals surface area contributed by atoms with Crippen LogP contribution in [0.4, 0.5) is 0 Å². The van der Waals surface area contributed by atoms with Crippen molar-refractivity contribution in [2.75, 3.05) is 13.7 Å². The van der Waals surface area contributed by atoms with Crippen molar-refractivity contribution < 1.29 is 14.3 Å². The maximum Gasteiger partial charge on any atom is 0.255 e. The van der Waals surface area contributed by atoms with E-state index in [1.807, 2.05) is 36.6 Å². The van der Waals surface area contributed by atoms with Crippen LogP contribution in [0.5, 0.6) is 5.75 Å². The summed E-state index contributed by atoms with van der Waals surface area (Å²) in [4.78, 5) is 25.8. The summed E-state index contributed by atoms with van der Waals surface area (Å²) in [5, 5.41) is 2.00. The fraction of sp³-hybridized carbons (Fsp3) is 0.222. The van der Waals surface area contributed by atoms with Gasteiger partial charge in [-0.1, -0.05) is 18.2 Å². The number of rotatable bonds is 7. The summed E-state index contributed by atoms with van der Waals surface area (Å²) in [5.74, 6) is -0.0295. The molecule has 2 N–H and O–H groups in total. The van der Waals surface area contributed by atoms with E-state index in [-0.39, 0.29) is 18.6 Å². The summed E-state index contributed by atoms with van der Waals surface area (Å²) in [6.07, 6.45) is 3.29. The van der Waals surface area contributed by atoms with Gasteiger partial charge in [0.15, 0.2) is 6.61 Å². The molecule has 126 valence electrons. The van der Waals surface area contributed by atoms with Crippen molar-refractivity contribution >= 4 is 29.2 Å². The maximum absolute atomic E-state index is 12.3. The van der Waals surface area contributed by atoms with Crippen LogP contribution in [0.15, 0.2) is 47.9 Å². The van der Waals surface area contributed by atoms with Crippen molar-refractivity contribution in [2.24, 2.45) is 5.73 Å². The topological polar surface area (TPSA) is 72.6 Å². The number of carbonyl (C=O) groups excluding carboxylic acids is 2. The van der Waals surface area contributed by atoms with E-state index in [1.165, 1.54) is 0 Å². The average Bonchev–Trinajstić information content (AvgIpc) is 3.12. The quantitative estimate of drug-likeness (QED) is 0.785. The van der Waals surface area contributed by atoms with E-state index in [9.17, 15) is 9.59 Å². The fourth-order valence-corrected chi connectivity index (χ4v) is 2.85. The van der Waals surface area contributed by atoms with Gasteiger partial charge in [0.2, 0.25) is 5.91 Å². The average molecular weight is 344 g/mol. The third kappa shape index (κ3) is 4.96. The number of thiophene rings is 1. The number of nitrogens with two attached hydrogens (primary N) is 1. The molecule has 0 aliphatic heterocycles. The maximum atomic E-state index is 12.3. The first-order valence-electron chi connectivity index (χ1n) is 7.47. The van der Waals surface area contributed by atoms with Crippen molar-refractivity contribution in [3.05, 3.63) is 58.3 Å². The van der Waals surface area contributed by atoms with Crippen molar-refractivity contribution in [2.45, 2.75) is 13.0 Å². The number of hydrogen-bond acceptors (Lipinski definition) is 4. The Labute approximate surface area is 145 Å². The van der Waals surface area contributed by atoms with E-state index < -0.39 is 5.91 Å². The normalized spacial score (nSPS) is 12.1. The van der Waals surface area contributed by atoms with Gasteiger partial charge in [-0.3, -0.25) is 9.59 Å². The molecule has 0 spiro atoms. The predicted molar refractivity (Wildman–Crippen MR) is 95.7 cm³/mol. The molecular formula is C18H20N2O3S. The first-order chi connectivity index (χ1) is 11.5. The van der Waals surface area contributed by atoms with Gasteiger partial charge >= 0.3 is 0 Å². The minimum atomic E-state index is -0.521. The van der Waals surface area contributed by atoms with Crippen LogP contribution in [0.2, 0.25) is 0 Å². The number of carbonyl (C=O) groups is 2. The molecule has 0 radical (unpaired) electrons. The molecule has 1 atom stereocenters. The number of amides is 2. The van der Waals surface area contributed by atoms with Crippen molar-refractivity contribution in [1.29, 1.82) is 0 Å². The lowest BCUT2D eigenvalue weighted by Gasteiger charge is -2.22. The molecule has 0 fully saturated rings. The zero-order valence-electron chi connectivity index (χ0n) is 13.6.